The minimum atomic E-state index is -3.48. The maximum atomic E-state index is 12.7. The topological polar surface area (TPSA) is 85.4 Å². The molecule has 0 aliphatic rings. The van der Waals surface area contributed by atoms with Gasteiger partial charge in [0.2, 0.25) is 5.88 Å². The highest BCUT2D eigenvalue weighted by Crippen LogP contribution is 2.25. The van der Waals surface area contributed by atoms with Crippen molar-refractivity contribution >= 4 is 15.7 Å². The number of hydrogen-bond acceptors (Lipinski definition) is 5. The summed E-state index contributed by atoms with van der Waals surface area (Å²) in [6, 6.07) is 15.9. The Balaban J connectivity index is 1.89. The highest BCUT2D eigenvalue weighted by molar-refractivity contribution is 7.90. The summed E-state index contributed by atoms with van der Waals surface area (Å²) >= 11 is 0. The van der Waals surface area contributed by atoms with Gasteiger partial charge in [-0.15, -0.1) is 0 Å². The minimum Gasteiger partial charge on any atom is -0.481 e. The number of methoxy groups -OCH3 is 1. The van der Waals surface area contributed by atoms with Crippen molar-refractivity contribution in [3.05, 3.63) is 77.5 Å². The summed E-state index contributed by atoms with van der Waals surface area (Å²) in [5.74, 6) is 0.128. The fraction of sp³-hybridized carbons (Fsp3) is 0.182. The predicted octanol–water partition coefficient (Wildman–Crippen LogP) is 3.40. The number of nitrogens with one attached hydrogen (secondary N) is 1. The van der Waals surface area contributed by atoms with Gasteiger partial charge in [-0.2, -0.15) is 0 Å². The third kappa shape index (κ3) is 5.20. The molecule has 1 amide bonds. The van der Waals surface area contributed by atoms with E-state index in [9.17, 15) is 13.2 Å². The number of aryl methyl sites for hydroxylation is 1. The van der Waals surface area contributed by atoms with Crippen LogP contribution in [0.15, 0.2) is 65.7 Å². The normalized spacial score (nSPS) is 11.1. The van der Waals surface area contributed by atoms with Crippen molar-refractivity contribution in [3.8, 4) is 17.0 Å². The summed E-state index contributed by atoms with van der Waals surface area (Å²) in [5.41, 5.74) is 3.69. The van der Waals surface area contributed by atoms with Gasteiger partial charge in [-0.25, -0.2) is 13.4 Å². The van der Waals surface area contributed by atoms with E-state index < -0.39 is 9.84 Å². The van der Waals surface area contributed by atoms with Crippen LogP contribution < -0.4 is 10.1 Å². The molecule has 0 bridgehead atoms. The molecule has 6 nitrogen and oxygen atoms in total. The van der Waals surface area contributed by atoms with Gasteiger partial charge in [0.25, 0.3) is 5.91 Å². The Morgan fingerprint density at radius 1 is 1.03 bits per heavy atom. The molecular formula is C22H22N2O4S. The molecule has 1 N–H and O–H groups in total. The number of nitrogens with zero attached hydrogens (tertiary/aromatic N) is 1. The number of carbonyl (C=O) groups excluding carboxylic acids is 1. The Morgan fingerprint density at radius 3 is 2.34 bits per heavy atom. The molecule has 0 atom stereocenters. The summed E-state index contributed by atoms with van der Waals surface area (Å²) in [7, 11) is -1.94. The maximum absolute atomic E-state index is 12.7. The van der Waals surface area contributed by atoms with Crippen LogP contribution in [-0.4, -0.2) is 32.7 Å². The van der Waals surface area contributed by atoms with Crippen LogP contribution in [0.1, 0.15) is 21.5 Å². The lowest BCUT2D eigenvalue weighted by Gasteiger charge is -2.11. The maximum Gasteiger partial charge on any atom is 0.251 e. The molecule has 150 valence electrons. The number of rotatable bonds is 6. The molecule has 2 aromatic carbocycles. The summed E-state index contributed by atoms with van der Waals surface area (Å²) in [6.45, 7) is 2.24. The van der Waals surface area contributed by atoms with E-state index in [-0.39, 0.29) is 22.9 Å². The first-order valence-corrected chi connectivity index (χ1v) is 10.8. The molecule has 0 fully saturated rings. The van der Waals surface area contributed by atoms with Crippen LogP contribution in [0.25, 0.3) is 11.1 Å². The summed E-state index contributed by atoms with van der Waals surface area (Å²) in [6.07, 6.45) is 2.75. The second-order valence-corrected chi connectivity index (χ2v) is 8.79. The Hall–Kier alpha value is -3.19. The van der Waals surface area contributed by atoms with Gasteiger partial charge in [-0.05, 0) is 41.8 Å². The molecule has 0 radical (unpaired) electrons. The first-order valence-electron chi connectivity index (χ1n) is 8.95. The van der Waals surface area contributed by atoms with E-state index in [1.807, 2.05) is 31.2 Å². The zero-order valence-electron chi connectivity index (χ0n) is 16.5. The van der Waals surface area contributed by atoms with Crippen molar-refractivity contribution in [2.24, 2.45) is 0 Å². The van der Waals surface area contributed by atoms with Crippen molar-refractivity contribution < 1.29 is 17.9 Å². The van der Waals surface area contributed by atoms with Gasteiger partial charge in [0.1, 0.15) is 0 Å². The van der Waals surface area contributed by atoms with E-state index >= 15 is 0 Å². The Bertz CT molecular complexity index is 1120. The van der Waals surface area contributed by atoms with E-state index in [1.54, 1.807) is 30.5 Å². The van der Waals surface area contributed by atoms with Crippen molar-refractivity contribution in [1.29, 1.82) is 0 Å². The van der Waals surface area contributed by atoms with Gasteiger partial charge in [-0.3, -0.25) is 4.79 Å². The molecule has 3 rings (SSSR count). The van der Waals surface area contributed by atoms with Crippen molar-refractivity contribution in [3.63, 3.8) is 0 Å². The fourth-order valence-electron chi connectivity index (χ4n) is 2.78. The Labute approximate surface area is 170 Å². The van der Waals surface area contributed by atoms with Crippen LogP contribution in [0, 0.1) is 6.92 Å². The lowest BCUT2D eigenvalue weighted by atomic mass is 10.0. The molecule has 0 aliphatic heterocycles. The average Bonchev–Trinajstić information content (AvgIpc) is 2.72. The zero-order valence-corrected chi connectivity index (χ0v) is 17.3. The van der Waals surface area contributed by atoms with Gasteiger partial charge in [0, 0.05) is 30.6 Å². The third-order valence-electron chi connectivity index (χ3n) is 4.44. The first-order chi connectivity index (χ1) is 13.8. The lowest BCUT2D eigenvalue weighted by molar-refractivity contribution is 0.0950. The highest BCUT2D eigenvalue weighted by Gasteiger charge is 2.15. The number of ether oxygens (including phenoxy) is 1. The van der Waals surface area contributed by atoms with Crippen LogP contribution in [0.5, 0.6) is 5.88 Å². The van der Waals surface area contributed by atoms with Crippen LogP contribution in [0.3, 0.4) is 0 Å². The van der Waals surface area contributed by atoms with E-state index in [1.165, 1.54) is 13.2 Å². The molecular weight excluding hydrogens is 388 g/mol. The summed E-state index contributed by atoms with van der Waals surface area (Å²) < 4.78 is 29.3. The van der Waals surface area contributed by atoms with Gasteiger partial charge < -0.3 is 10.1 Å². The first kappa shape index (κ1) is 20.5. The molecule has 7 heteroatoms. The van der Waals surface area contributed by atoms with E-state index in [0.717, 1.165) is 22.9 Å². The Morgan fingerprint density at radius 2 is 1.76 bits per heavy atom. The smallest absolute Gasteiger partial charge is 0.251 e. The van der Waals surface area contributed by atoms with Gasteiger partial charge in [-0.1, -0.05) is 35.9 Å². The summed E-state index contributed by atoms with van der Waals surface area (Å²) in [5, 5.41) is 2.80. The number of aromatic nitrogens is 1. The zero-order chi connectivity index (χ0) is 21.0. The van der Waals surface area contributed by atoms with Crippen LogP contribution >= 0.6 is 0 Å². The molecule has 0 saturated heterocycles. The second-order valence-electron chi connectivity index (χ2n) is 6.78. The molecule has 1 aromatic heterocycles. The van der Waals surface area contributed by atoms with E-state index in [4.69, 9.17) is 4.74 Å². The van der Waals surface area contributed by atoms with Gasteiger partial charge in [0.05, 0.1) is 12.0 Å². The average molecular weight is 410 g/mol. The quantitative estimate of drug-likeness (QED) is 0.673. The number of amides is 1. The van der Waals surface area contributed by atoms with Crippen LogP contribution in [0.2, 0.25) is 0 Å². The van der Waals surface area contributed by atoms with E-state index in [0.29, 0.717) is 11.4 Å². The number of hydrogen-bond donors (Lipinski definition) is 1. The van der Waals surface area contributed by atoms with Crippen LogP contribution in [0.4, 0.5) is 0 Å². The number of sulfone groups is 1. The van der Waals surface area contributed by atoms with Gasteiger partial charge >= 0.3 is 0 Å². The molecule has 0 spiro atoms. The second kappa shape index (κ2) is 8.45. The predicted molar refractivity (Wildman–Crippen MR) is 112 cm³/mol. The van der Waals surface area contributed by atoms with E-state index in [2.05, 4.69) is 10.3 Å². The number of pyridine rings is 1. The highest BCUT2D eigenvalue weighted by atomic mass is 32.2. The molecule has 0 saturated carbocycles. The van der Waals surface area contributed by atoms with Crippen molar-refractivity contribution in [2.75, 3.05) is 13.4 Å². The largest absolute Gasteiger partial charge is 0.481 e. The number of benzene rings is 2. The monoisotopic (exact) mass is 410 g/mol. The molecule has 3 aromatic rings. The lowest BCUT2D eigenvalue weighted by Crippen LogP contribution is -2.23. The SMILES string of the molecule is COc1ccc(CNC(=O)c2cc(-c3ccc(C)cc3)cc(S(C)(=O)=O)c2)cn1. The standard InChI is InChI=1S/C22H22N2O4S/c1-15-4-7-17(8-5-15)18-10-19(12-20(11-18)29(3,26)27)22(25)24-14-16-6-9-21(28-2)23-13-16/h4-13H,14H2,1-3H3,(H,24,25). The minimum absolute atomic E-state index is 0.104. The molecule has 1 heterocycles. The third-order valence-corrected chi connectivity index (χ3v) is 5.53. The molecule has 0 unspecified atom stereocenters. The van der Waals surface area contributed by atoms with Crippen molar-refractivity contribution in [1.82, 2.24) is 10.3 Å². The molecule has 29 heavy (non-hydrogen) atoms. The summed E-state index contributed by atoms with van der Waals surface area (Å²) in [4.78, 5) is 16.9. The van der Waals surface area contributed by atoms with Gasteiger partial charge in [0.15, 0.2) is 9.84 Å². The van der Waals surface area contributed by atoms with Crippen molar-refractivity contribution in [2.45, 2.75) is 18.4 Å². The number of carbonyl (C=O) groups is 1. The Kier molecular flexibility index (Phi) is 5.98. The fourth-order valence-corrected chi connectivity index (χ4v) is 3.46. The van der Waals surface area contributed by atoms with Crippen LogP contribution in [-0.2, 0) is 16.4 Å². The molecule has 0 aliphatic carbocycles.